The molecule has 0 saturated carbocycles. The SMILES string of the molecule is CN(C=O)c1cccc([Si](C)(C)CC[Si](C)(C)C[Si](C)(C)C[Si](C)(C)C)c1. The maximum absolute atomic E-state index is 11.1. The zero-order valence-electron chi connectivity index (χ0n) is 19.6. The Morgan fingerprint density at radius 1 is 0.852 bits per heavy atom. The summed E-state index contributed by atoms with van der Waals surface area (Å²) in [5, 5.41) is 1.48. The first-order valence-corrected chi connectivity index (χ1v) is 24.1. The van der Waals surface area contributed by atoms with Crippen molar-refractivity contribution in [2.75, 3.05) is 11.9 Å². The minimum atomic E-state index is -1.49. The van der Waals surface area contributed by atoms with Gasteiger partial charge in [0.05, 0.1) is 8.07 Å². The van der Waals surface area contributed by atoms with Crippen LogP contribution in [0.2, 0.25) is 82.3 Å². The second kappa shape index (κ2) is 8.92. The molecule has 154 valence electrons. The molecule has 6 heteroatoms. The first-order valence-electron chi connectivity index (χ1n) is 10.4. The molecule has 1 amide bonds. The van der Waals surface area contributed by atoms with Gasteiger partial charge in [-0.1, -0.05) is 99.7 Å². The Bertz CT molecular complexity index is 635. The molecule has 0 bridgehead atoms. The fraction of sp³-hybridized carbons (Fsp3) is 0.667. The molecule has 1 rings (SSSR count). The number of hydrogen-bond acceptors (Lipinski definition) is 1. The van der Waals surface area contributed by atoms with Crippen molar-refractivity contribution in [3.05, 3.63) is 24.3 Å². The van der Waals surface area contributed by atoms with Crippen LogP contribution in [0.15, 0.2) is 24.3 Å². The highest BCUT2D eigenvalue weighted by molar-refractivity contribution is 7.02. The van der Waals surface area contributed by atoms with E-state index in [-0.39, 0.29) is 0 Å². The van der Waals surface area contributed by atoms with Crippen molar-refractivity contribution in [3.63, 3.8) is 0 Å². The predicted octanol–water partition coefficient (Wildman–Crippen LogP) is 6.03. The Balaban J connectivity index is 2.83. The van der Waals surface area contributed by atoms with Gasteiger partial charge in [-0.3, -0.25) is 4.79 Å². The van der Waals surface area contributed by atoms with E-state index in [1.807, 2.05) is 13.1 Å². The average Bonchev–Trinajstić information content (AvgIpc) is 2.49. The smallest absolute Gasteiger partial charge is 0.213 e. The van der Waals surface area contributed by atoms with Crippen molar-refractivity contribution in [1.29, 1.82) is 0 Å². The Kier molecular flexibility index (Phi) is 8.13. The predicted molar refractivity (Wildman–Crippen MR) is 136 cm³/mol. The number of hydrogen-bond donors (Lipinski definition) is 0. The van der Waals surface area contributed by atoms with Gasteiger partial charge in [0.15, 0.2) is 0 Å². The molecule has 0 N–H and O–H groups in total. The summed E-state index contributed by atoms with van der Waals surface area (Å²) < 4.78 is 0. The molecule has 0 spiro atoms. The maximum Gasteiger partial charge on any atom is 0.213 e. The van der Waals surface area contributed by atoms with Crippen LogP contribution in [0.1, 0.15) is 0 Å². The highest BCUT2D eigenvalue weighted by Crippen LogP contribution is 2.32. The minimum Gasteiger partial charge on any atom is -0.318 e. The van der Waals surface area contributed by atoms with E-state index < -0.39 is 32.3 Å². The molecule has 0 unspecified atom stereocenters. The van der Waals surface area contributed by atoms with E-state index in [0.29, 0.717) is 0 Å². The van der Waals surface area contributed by atoms with E-state index in [4.69, 9.17) is 0 Å². The van der Waals surface area contributed by atoms with E-state index in [1.165, 1.54) is 17.3 Å². The van der Waals surface area contributed by atoms with E-state index in [9.17, 15) is 4.79 Å². The van der Waals surface area contributed by atoms with Crippen LogP contribution in [-0.4, -0.2) is 45.8 Å². The van der Waals surface area contributed by atoms with Crippen LogP contribution in [-0.2, 0) is 4.79 Å². The maximum atomic E-state index is 11.1. The minimum absolute atomic E-state index is 0.898. The lowest BCUT2D eigenvalue weighted by Crippen LogP contribution is -2.47. The highest BCUT2D eigenvalue weighted by atomic mass is 28.4. The zero-order chi connectivity index (χ0) is 21.1. The number of carbonyl (C=O) groups is 1. The van der Waals surface area contributed by atoms with Crippen LogP contribution in [0, 0.1) is 0 Å². The summed E-state index contributed by atoms with van der Waals surface area (Å²) in [6.07, 6.45) is 0.898. The number of rotatable bonds is 10. The summed E-state index contributed by atoms with van der Waals surface area (Å²) in [5.41, 5.74) is 4.16. The largest absolute Gasteiger partial charge is 0.318 e. The fourth-order valence-electron chi connectivity index (χ4n) is 4.88. The van der Waals surface area contributed by atoms with E-state index in [1.54, 1.807) is 16.2 Å². The molecule has 2 nitrogen and oxygen atoms in total. The summed E-state index contributed by atoms with van der Waals surface area (Å²) in [7, 11) is -2.87. The summed E-state index contributed by atoms with van der Waals surface area (Å²) in [6.45, 7) is 23.2. The van der Waals surface area contributed by atoms with Crippen molar-refractivity contribution in [1.82, 2.24) is 0 Å². The normalized spacial score (nSPS) is 13.6. The number of benzene rings is 1. The van der Waals surface area contributed by atoms with Gasteiger partial charge >= 0.3 is 0 Å². The third-order valence-corrected chi connectivity index (χ3v) is 26.8. The number of nitrogens with zero attached hydrogens (tertiary/aromatic N) is 1. The van der Waals surface area contributed by atoms with E-state index >= 15 is 0 Å². The fourth-order valence-corrected chi connectivity index (χ4v) is 35.6. The lowest BCUT2D eigenvalue weighted by Gasteiger charge is -2.37. The van der Waals surface area contributed by atoms with Gasteiger partial charge in [0.1, 0.15) is 0 Å². The standard InChI is InChI=1S/C21H43NOSi4/c1-22(17-23)20-12-11-13-21(16-20)27(9,10)15-14-25(5,6)19-26(7,8)18-24(2,3)4/h11-13,16-17H,14-15,18-19H2,1-10H3. The van der Waals surface area contributed by atoms with Crippen LogP contribution in [0.3, 0.4) is 0 Å². The first kappa shape index (κ1) is 24.6. The van der Waals surface area contributed by atoms with Gasteiger partial charge in [0.2, 0.25) is 6.41 Å². The van der Waals surface area contributed by atoms with E-state index in [2.05, 4.69) is 77.1 Å². The molecule has 27 heavy (non-hydrogen) atoms. The molecular weight excluding hydrogens is 395 g/mol. The Morgan fingerprint density at radius 2 is 1.44 bits per heavy atom. The van der Waals surface area contributed by atoms with Crippen LogP contribution in [0.25, 0.3) is 0 Å². The molecular formula is C21H43NOSi4. The summed E-state index contributed by atoms with van der Waals surface area (Å²) in [4.78, 5) is 12.8. The van der Waals surface area contributed by atoms with Gasteiger partial charge < -0.3 is 4.90 Å². The molecule has 0 saturated heterocycles. The van der Waals surface area contributed by atoms with Gasteiger partial charge in [0.25, 0.3) is 0 Å². The van der Waals surface area contributed by atoms with Crippen LogP contribution >= 0.6 is 0 Å². The lowest BCUT2D eigenvalue weighted by atomic mass is 10.3. The van der Waals surface area contributed by atoms with Crippen molar-refractivity contribution >= 4 is 49.6 Å². The second-order valence-electron chi connectivity index (χ2n) is 11.9. The molecule has 0 fully saturated rings. The van der Waals surface area contributed by atoms with Gasteiger partial charge in [-0.15, -0.1) is 0 Å². The third-order valence-electron chi connectivity index (χ3n) is 5.59. The topological polar surface area (TPSA) is 20.3 Å². The monoisotopic (exact) mass is 437 g/mol. The highest BCUT2D eigenvalue weighted by Gasteiger charge is 2.36. The average molecular weight is 438 g/mol. The molecule has 0 atom stereocenters. The summed E-state index contributed by atoms with van der Waals surface area (Å²) >= 11 is 0. The second-order valence-corrected chi connectivity index (χ2v) is 33.8. The molecule has 1 aromatic rings. The number of carbonyl (C=O) groups excluding carboxylic acids is 1. The summed E-state index contributed by atoms with van der Waals surface area (Å²) in [6, 6.07) is 11.5. The van der Waals surface area contributed by atoms with Crippen LogP contribution < -0.4 is 10.1 Å². The molecule has 0 aliphatic carbocycles. The van der Waals surface area contributed by atoms with Gasteiger partial charge in [-0.2, -0.15) is 0 Å². The van der Waals surface area contributed by atoms with Crippen molar-refractivity contribution in [2.24, 2.45) is 0 Å². The van der Waals surface area contributed by atoms with Crippen LogP contribution in [0.4, 0.5) is 5.69 Å². The number of amides is 1. The quantitative estimate of drug-likeness (QED) is 0.323. The molecule has 0 aliphatic rings. The van der Waals surface area contributed by atoms with Crippen molar-refractivity contribution in [2.45, 2.75) is 82.3 Å². The number of anilines is 1. The van der Waals surface area contributed by atoms with Crippen molar-refractivity contribution < 1.29 is 4.79 Å². The molecule has 0 aromatic heterocycles. The Labute approximate surface area is 172 Å². The first-order chi connectivity index (χ1) is 12.1. The van der Waals surface area contributed by atoms with E-state index in [0.717, 1.165) is 12.1 Å². The Hall–Kier alpha value is -0.442. The van der Waals surface area contributed by atoms with Gasteiger partial charge in [0, 0.05) is 37.0 Å². The van der Waals surface area contributed by atoms with Crippen molar-refractivity contribution in [3.8, 4) is 0 Å². The lowest BCUT2D eigenvalue weighted by molar-refractivity contribution is -0.107. The van der Waals surface area contributed by atoms with Gasteiger partial charge in [-0.05, 0) is 12.1 Å². The molecule has 0 heterocycles. The summed E-state index contributed by atoms with van der Waals surface area (Å²) in [5.74, 6) is 0. The van der Waals surface area contributed by atoms with Gasteiger partial charge in [-0.25, -0.2) is 0 Å². The Morgan fingerprint density at radius 3 is 1.96 bits per heavy atom. The third kappa shape index (κ3) is 8.62. The van der Waals surface area contributed by atoms with Crippen LogP contribution in [0.5, 0.6) is 0 Å². The molecule has 0 aliphatic heterocycles. The molecule has 0 radical (unpaired) electrons. The zero-order valence-corrected chi connectivity index (χ0v) is 23.6. The molecule has 1 aromatic carbocycles.